The molecule has 0 amide bonds. The Kier molecular flexibility index (Phi) is 7.08. The lowest BCUT2D eigenvalue weighted by molar-refractivity contribution is 0.158. The molecule has 154 valence electrons. The van der Waals surface area contributed by atoms with Gasteiger partial charge in [0.1, 0.15) is 11.6 Å². The summed E-state index contributed by atoms with van der Waals surface area (Å²) in [6.45, 7) is 0.891. The van der Waals surface area contributed by atoms with Crippen LogP contribution in [0.5, 0.6) is 0 Å². The molecule has 2 aromatic carbocycles. The molecule has 9 heteroatoms. The van der Waals surface area contributed by atoms with Gasteiger partial charge in [0.05, 0.1) is 20.2 Å². The van der Waals surface area contributed by atoms with E-state index >= 15 is 0 Å². The van der Waals surface area contributed by atoms with Gasteiger partial charge < -0.3 is 10.6 Å². The van der Waals surface area contributed by atoms with Gasteiger partial charge in [-0.2, -0.15) is 15.0 Å². The summed E-state index contributed by atoms with van der Waals surface area (Å²) in [5, 5.41) is 7.43. The van der Waals surface area contributed by atoms with Crippen molar-refractivity contribution in [1.29, 1.82) is 0 Å². The van der Waals surface area contributed by atoms with Gasteiger partial charge in [-0.25, -0.2) is 13.8 Å². The zero-order valence-electron chi connectivity index (χ0n) is 16.3. The summed E-state index contributed by atoms with van der Waals surface area (Å²) < 4.78 is 26.3. The lowest BCUT2D eigenvalue weighted by Crippen LogP contribution is -2.25. The van der Waals surface area contributed by atoms with Crippen molar-refractivity contribution < 1.29 is 13.6 Å². The van der Waals surface area contributed by atoms with E-state index in [2.05, 4.69) is 31.5 Å². The van der Waals surface area contributed by atoms with Crippen LogP contribution in [-0.4, -0.2) is 28.6 Å². The fraction of sp³-hybridized carbons (Fsp3) is 0.190. The van der Waals surface area contributed by atoms with Crippen LogP contribution in [0.25, 0.3) is 0 Å². The summed E-state index contributed by atoms with van der Waals surface area (Å²) in [6, 6.07) is 12.1. The summed E-state index contributed by atoms with van der Waals surface area (Å²) in [5.41, 5.74) is 1.66. The fourth-order valence-corrected chi connectivity index (χ4v) is 2.52. The number of halogens is 2. The van der Waals surface area contributed by atoms with E-state index in [4.69, 9.17) is 11.3 Å². The lowest BCUT2D eigenvalue weighted by atomic mass is 10.2. The predicted octanol–water partition coefficient (Wildman–Crippen LogP) is 3.38. The zero-order chi connectivity index (χ0) is 21.3. The average Bonchev–Trinajstić information content (AvgIpc) is 2.77. The van der Waals surface area contributed by atoms with Gasteiger partial charge in [0.15, 0.2) is 0 Å². The summed E-state index contributed by atoms with van der Waals surface area (Å²) in [5.74, 6) is 2.61. The van der Waals surface area contributed by atoms with Crippen LogP contribution in [0.4, 0.5) is 26.6 Å². The maximum absolute atomic E-state index is 13.2. The van der Waals surface area contributed by atoms with Gasteiger partial charge in [-0.1, -0.05) is 30.2 Å². The zero-order valence-corrected chi connectivity index (χ0v) is 16.3. The number of hydrogen-bond acceptors (Lipinski definition) is 7. The monoisotopic (exact) mass is 410 g/mol. The number of hydroxylamine groups is 1. The molecule has 0 radical (unpaired) electrons. The van der Waals surface area contributed by atoms with Crippen LogP contribution in [0.2, 0.25) is 0 Å². The van der Waals surface area contributed by atoms with Gasteiger partial charge in [0.2, 0.25) is 11.9 Å². The molecule has 0 aliphatic heterocycles. The van der Waals surface area contributed by atoms with E-state index in [1.807, 2.05) is 0 Å². The van der Waals surface area contributed by atoms with Gasteiger partial charge >= 0.3 is 0 Å². The van der Waals surface area contributed by atoms with E-state index in [-0.39, 0.29) is 42.6 Å². The number of anilines is 3. The van der Waals surface area contributed by atoms with Crippen LogP contribution in [0, 0.1) is 24.0 Å². The van der Waals surface area contributed by atoms with Crippen molar-refractivity contribution in [1.82, 2.24) is 15.0 Å². The molecule has 2 N–H and O–H groups in total. The number of hydrogen-bond donors (Lipinski definition) is 2. The minimum atomic E-state index is -0.323. The minimum absolute atomic E-state index is 0.228. The van der Waals surface area contributed by atoms with Crippen molar-refractivity contribution in [2.24, 2.45) is 0 Å². The van der Waals surface area contributed by atoms with Crippen LogP contribution in [0.3, 0.4) is 0 Å². The summed E-state index contributed by atoms with van der Waals surface area (Å²) >= 11 is 0. The topological polar surface area (TPSA) is 75.2 Å². The molecule has 30 heavy (non-hydrogen) atoms. The number of benzene rings is 2. The SMILES string of the molecule is C#CCNc1nc(NCc2ccc(F)cc2)nc(N(Cc2ccc(F)cc2)OC)n1. The maximum Gasteiger partial charge on any atom is 0.256 e. The fourth-order valence-electron chi connectivity index (χ4n) is 2.52. The third kappa shape index (κ3) is 5.86. The van der Waals surface area contributed by atoms with Crippen LogP contribution in [0.1, 0.15) is 11.1 Å². The molecular formula is C21H20F2N6O. The third-order valence-corrected chi connectivity index (χ3v) is 4.02. The van der Waals surface area contributed by atoms with Gasteiger partial charge in [-0.15, -0.1) is 6.42 Å². The molecule has 0 saturated heterocycles. The van der Waals surface area contributed by atoms with Crippen molar-refractivity contribution in [3.05, 3.63) is 71.3 Å². The van der Waals surface area contributed by atoms with E-state index < -0.39 is 0 Å². The van der Waals surface area contributed by atoms with Crippen molar-refractivity contribution in [2.75, 3.05) is 29.4 Å². The van der Waals surface area contributed by atoms with Gasteiger partial charge in [0, 0.05) is 6.54 Å². The predicted molar refractivity (Wildman–Crippen MR) is 110 cm³/mol. The molecule has 0 saturated carbocycles. The van der Waals surface area contributed by atoms with Gasteiger partial charge in [-0.05, 0) is 35.4 Å². The Bertz CT molecular complexity index is 1010. The molecule has 0 unspecified atom stereocenters. The van der Waals surface area contributed by atoms with Crippen LogP contribution < -0.4 is 15.7 Å². The normalized spacial score (nSPS) is 10.3. The number of rotatable bonds is 9. The van der Waals surface area contributed by atoms with Gasteiger partial charge in [0.25, 0.3) is 5.95 Å². The molecule has 0 bridgehead atoms. The van der Waals surface area contributed by atoms with Gasteiger partial charge in [-0.3, -0.25) is 4.84 Å². The average molecular weight is 410 g/mol. The summed E-state index contributed by atoms with van der Waals surface area (Å²) in [6.07, 6.45) is 5.30. The van der Waals surface area contributed by atoms with E-state index in [0.717, 1.165) is 11.1 Å². The first-order valence-electron chi connectivity index (χ1n) is 9.05. The molecular weight excluding hydrogens is 390 g/mol. The Morgan fingerprint density at radius 1 is 0.900 bits per heavy atom. The largest absolute Gasteiger partial charge is 0.350 e. The number of nitrogens with zero attached hydrogens (tertiary/aromatic N) is 4. The van der Waals surface area contributed by atoms with E-state index in [9.17, 15) is 8.78 Å². The molecule has 1 aromatic heterocycles. The van der Waals surface area contributed by atoms with Crippen LogP contribution in [0.15, 0.2) is 48.5 Å². The Morgan fingerprint density at radius 3 is 2.03 bits per heavy atom. The molecule has 0 spiro atoms. The standard InChI is InChI=1S/C21H20F2N6O/c1-3-12-24-19-26-20(25-13-15-4-8-17(22)9-5-15)28-21(27-19)29(30-2)14-16-6-10-18(23)11-7-16/h1,4-11H,12-14H2,2H3,(H2,24,25,26,27,28). The van der Waals surface area contributed by atoms with Crippen LogP contribution in [-0.2, 0) is 17.9 Å². The minimum Gasteiger partial charge on any atom is -0.350 e. The Morgan fingerprint density at radius 2 is 1.47 bits per heavy atom. The maximum atomic E-state index is 13.2. The van der Waals surface area contributed by atoms with Crippen molar-refractivity contribution in [3.8, 4) is 12.3 Å². The first kappa shape index (κ1) is 21.0. The van der Waals surface area contributed by atoms with Crippen molar-refractivity contribution >= 4 is 17.8 Å². The second kappa shape index (κ2) is 10.1. The smallest absolute Gasteiger partial charge is 0.256 e. The van der Waals surface area contributed by atoms with E-state index in [1.165, 1.54) is 36.4 Å². The highest BCUT2D eigenvalue weighted by Gasteiger charge is 2.14. The quantitative estimate of drug-likeness (QED) is 0.414. The number of nitrogens with one attached hydrogen (secondary N) is 2. The number of terminal acetylenes is 1. The molecule has 0 aliphatic carbocycles. The first-order chi connectivity index (χ1) is 14.6. The Hall–Kier alpha value is -3.77. The highest BCUT2D eigenvalue weighted by Crippen LogP contribution is 2.17. The summed E-state index contributed by atoms with van der Waals surface area (Å²) in [4.78, 5) is 18.4. The Balaban J connectivity index is 1.81. The second-order valence-electron chi connectivity index (χ2n) is 6.17. The molecule has 7 nitrogen and oxygen atoms in total. The first-order valence-corrected chi connectivity index (χ1v) is 9.05. The van der Waals surface area contributed by atoms with Crippen molar-refractivity contribution in [2.45, 2.75) is 13.1 Å². The Labute approximate surface area is 173 Å². The van der Waals surface area contributed by atoms with Crippen LogP contribution >= 0.6 is 0 Å². The molecule has 0 atom stereocenters. The van der Waals surface area contributed by atoms with E-state index in [0.29, 0.717) is 6.54 Å². The highest BCUT2D eigenvalue weighted by atomic mass is 19.1. The molecule has 0 aliphatic rings. The highest BCUT2D eigenvalue weighted by molar-refractivity contribution is 5.44. The molecule has 1 heterocycles. The molecule has 3 aromatic rings. The molecule has 0 fully saturated rings. The molecule has 3 rings (SSSR count). The lowest BCUT2D eigenvalue weighted by Gasteiger charge is -2.20. The van der Waals surface area contributed by atoms with Crippen molar-refractivity contribution in [3.63, 3.8) is 0 Å². The van der Waals surface area contributed by atoms with E-state index in [1.54, 1.807) is 24.3 Å². The number of aromatic nitrogens is 3. The third-order valence-electron chi connectivity index (χ3n) is 4.02. The summed E-state index contributed by atoms with van der Waals surface area (Å²) in [7, 11) is 1.48. The second-order valence-corrected chi connectivity index (χ2v) is 6.17.